The van der Waals surface area contributed by atoms with Gasteiger partial charge < -0.3 is 10.2 Å². The lowest BCUT2D eigenvalue weighted by Gasteiger charge is -2.22. The van der Waals surface area contributed by atoms with Crippen molar-refractivity contribution < 1.29 is 4.39 Å². The zero-order valence-electron chi connectivity index (χ0n) is 10.6. The highest BCUT2D eigenvalue weighted by Crippen LogP contribution is 2.18. The van der Waals surface area contributed by atoms with Gasteiger partial charge in [-0.05, 0) is 50.8 Å². The van der Waals surface area contributed by atoms with Crippen LogP contribution in [0.2, 0.25) is 5.02 Å². The molecule has 0 heterocycles. The van der Waals surface area contributed by atoms with Gasteiger partial charge >= 0.3 is 0 Å². The number of hydrogen-bond donors (Lipinski definition) is 1. The Morgan fingerprint density at radius 2 is 2.12 bits per heavy atom. The summed E-state index contributed by atoms with van der Waals surface area (Å²) >= 11 is 6.07. The van der Waals surface area contributed by atoms with Crippen molar-refractivity contribution in [3.63, 3.8) is 0 Å². The van der Waals surface area contributed by atoms with Crippen LogP contribution in [0.3, 0.4) is 0 Å². The average molecular weight is 259 g/mol. The molecule has 1 unspecified atom stereocenters. The van der Waals surface area contributed by atoms with Gasteiger partial charge in [0.15, 0.2) is 0 Å². The number of rotatable bonds is 6. The number of nitrogens with zero attached hydrogens (tertiary/aromatic N) is 1. The smallest absolute Gasteiger partial charge is 0.123 e. The maximum atomic E-state index is 13.2. The molecular formula is C13H20ClFN2. The van der Waals surface area contributed by atoms with Crippen LogP contribution in [-0.4, -0.2) is 38.1 Å². The number of benzene rings is 1. The minimum atomic E-state index is -0.232. The molecule has 1 aromatic carbocycles. The molecule has 17 heavy (non-hydrogen) atoms. The van der Waals surface area contributed by atoms with E-state index in [0.29, 0.717) is 5.02 Å². The van der Waals surface area contributed by atoms with Gasteiger partial charge in [0.2, 0.25) is 0 Å². The summed E-state index contributed by atoms with van der Waals surface area (Å²) in [4.78, 5) is 2.11. The Hall–Kier alpha value is -0.640. The van der Waals surface area contributed by atoms with Crippen molar-refractivity contribution in [3.8, 4) is 0 Å². The first-order chi connectivity index (χ1) is 8.02. The Bertz CT molecular complexity index is 355. The topological polar surface area (TPSA) is 15.3 Å². The van der Waals surface area contributed by atoms with Gasteiger partial charge in [0.1, 0.15) is 5.82 Å². The quantitative estimate of drug-likeness (QED) is 0.844. The first kappa shape index (κ1) is 14.4. The normalized spacial score (nSPS) is 13.1. The Morgan fingerprint density at radius 3 is 2.71 bits per heavy atom. The zero-order valence-corrected chi connectivity index (χ0v) is 11.4. The third-order valence-corrected chi connectivity index (χ3v) is 2.92. The fourth-order valence-electron chi connectivity index (χ4n) is 1.90. The SMILES string of the molecule is CCNC(Cc1cc(F)ccc1Cl)CN(C)C. The van der Waals surface area contributed by atoms with Gasteiger partial charge in [-0.2, -0.15) is 0 Å². The molecule has 2 nitrogen and oxygen atoms in total. The maximum absolute atomic E-state index is 13.2. The van der Waals surface area contributed by atoms with Gasteiger partial charge in [0, 0.05) is 17.6 Å². The lowest BCUT2D eigenvalue weighted by Crippen LogP contribution is -2.39. The highest BCUT2D eigenvalue weighted by molar-refractivity contribution is 6.31. The van der Waals surface area contributed by atoms with Crippen molar-refractivity contribution in [2.45, 2.75) is 19.4 Å². The minimum absolute atomic E-state index is 0.232. The molecule has 0 aliphatic rings. The summed E-state index contributed by atoms with van der Waals surface area (Å²) in [6.45, 7) is 3.86. The summed E-state index contributed by atoms with van der Waals surface area (Å²) < 4.78 is 13.2. The second-order valence-electron chi connectivity index (χ2n) is 4.46. The van der Waals surface area contributed by atoms with E-state index in [1.807, 2.05) is 14.1 Å². The Morgan fingerprint density at radius 1 is 1.41 bits per heavy atom. The summed E-state index contributed by atoms with van der Waals surface area (Å²) in [5.41, 5.74) is 0.861. The molecule has 1 rings (SSSR count). The van der Waals surface area contributed by atoms with Crippen LogP contribution < -0.4 is 5.32 Å². The van der Waals surface area contributed by atoms with Crippen LogP contribution in [-0.2, 0) is 6.42 Å². The summed E-state index contributed by atoms with van der Waals surface area (Å²) in [6, 6.07) is 4.81. The highest BCUT2D eigenvalue weighted by atomic mass is 35.5. The molecule has 1 N–H and O–H groups in total. The van der Waals surface area contributed by atoms with Gasteiger partial charge in [0.05, 0.1) is 0 Å². The monoisotopic (exact) mass is 258 g/mol. The van der Waals surface area contributed by atoms with Crippen molar-refractivity contribution in [2.24, 2.45) is 0 Å². The molecule has 0 bridgehead atoms. The van der Waals surface area contributed by atoms with Crippen molar-refractivity contribution in [2.75, 3.05) is 27.2 Å². The largest absolute Gasteiger partial charge is 0.313 e. The molecule has 1 atom stereocenters. The molecule has 0 radical (unpaired) electrons. The third kappa shape index (κ3) is 5.02. The van der Waals surface area contributed by atoms with E-state index in [-0.39, 0.29) is 11.9 Å². The lowest BCUT2D eigenvalue weighted by molar-refractivity contribution is 0.339. The molecular weight excluding hydrogens is 239 g/mol. The first-order valence-electron chi connectivity index (χ1n) is 5.85. The van der Waals surface area contributed by atoms with Crippen LogP contribution in [0.1, 0.15) is 12.5 Å². The average Bonchev–Trinajstić information content (AvgIpc) is 2.23. The maximum Gasteiger partial charge on any atom is 0.123 e. The van der Waals surface area contributed by atoms with E-state index in [0.717, 1.165) is 25.1 Å². The van der Waals surface area contributed by atoms with E-state index in [1.165, 1.54) is 12.1 Å². The Kier molecular flexibility index (Phi) is 5.89. The fraction of sp³-hybridized carbons (Fsp3) is 0.538. The van der Waals surface area contributed by atoms with E-state index in [4.69, 9.17) is 11.6 Å². The summed E-state index contributed by atoms with van der Waals surface area (Å²) in [5, 5.41) is 4.02. The van der Waals surface area contributed by atoms with Crippen molar-refractivity contribution in [1.29, 1.82) is 0 Å². The Balaban J connectivity index is 2.74. The molecule has 0 aliphatic heterocycles. The fourth-order valence-corrected chi connectivity index (χ4v) is 2.09. The zero-order chi connectivity index (χ0) is 12.8. The Labute approximate surface area is 108 Å². The lowest BCUT2D eigenvalue weighted by atomic mass is 10.1. The standard InChI is InChI=1S/C13H20ClFN2/c1-4-16-12(9-17(2)3)8-10-7-11(15)5-6-13(10)14/h5-7,12,16H,4,8-9H2,1-3H3. The predicted molar refractivity (Wildman–Crippen MR) is 71.1 cm³/mol. The number of hydrogen-bond acceptors (Lipinski definition) is 2. The molecule has 0 saturated heterocycles. The van der Waals surface area contributed by atoms with E-state index < -0.39 is 0 Å². The van der Waals surface area contributed by atoms with Crippen LogP contribution >= 0.6 is 11.6 Å². The third-order valence-electron chi connectivity index (χ3n) is 2.55. The van der Waals surface area contributed by atoms with Gasteiger partial charge in [-0.3, -0.25) is 0 Å². The van der Waals surface area contributed by atoms with Gasteiger partial charge in [0.25, 0.3) is 0 Å². The summed E-state index contributed by atoms with van der Waals surface area (Å²) in [6.07, 6.45) is 0.739. The summed E-state index contributed by atoms with van der Waals surface area (Å²) in [7, 11) is 4.05. The van der Waals surface area contributed by atoms with E-state index in [1.54, 1.807) is 6.07 Å². The molecule has 0 fully saturated rings. The van der Waals surface area contributed by atoms with Gasteiger partial charge in [-0.25, -0.2) is 4.39 Å². The number of halogens is 2. The minimum Gasteiger partial charge on any atom is -0.313 e. The summed E-state index contributed by atoms with van der Waals surface area (Å²) in [5.74, 6) is -0.232. The molecule has 1 aromatic rings. The van der Waals surface area contributed by atoms with Crippen molar-refractivity contribution >= 4 is 11.6 Å². The predicted octanol–water partition coefficient (Wildman–Crippen LogP) is 2.56. The van der Waals surface area contributed by atoms with E-state index >= 15 is 0 Å². The van der Waals surface area contributed by atoms with Crippen LogP contribution in [0.4, 0.5) is 4.39 Å². The highest BCUT2D eigenvalue weighted by Gasteiger charge is 2.12. The molecule has 4 heteroatoms. The second kappa shape index (κ2) is 6.94. The van der Waals surface area contributed by atoms with Gasteiger partial charge in [-0.1, -0.05) is 18.5 Å². The van der Waals surface area contributed by atoms with Crippen LogP contribution in [0.15, 0.2) is 18.2 Å². The number of nitrogens with one attached hydrogen (secondary N) is 1. The van der Waals surface area contributed by atoms with Gasteiger partial charge in [-0.15, -0.1) is 0 Å². The van der Waals surface area contributed by atoms with Crippen LogP contribution in [0.5, 0.6) is 0 Å². The van der Waals surface area contributed by atoms with E-state index in [2.05, 4.69) is 17.1 Å². The van der Waals surface area contributed by atoms with Crippen molar-refractivity contribution in [3.05, 3.63) is 34.6 Å². The second-order valence-corrected chi connectivity index (χ2v) is 4.86. The van der Waals surface area contributed by atoms with E-state index in [9.17, 15) is 4.39 Å². The molecule has 0 aliphatic carbocycles. The van der Waals surface area contributed by atoms with Crippen molar-refractivity contribution in [1.82, 2.24) is 10.2 Å². The molecule has 0 spiro atoms. The molecule has 0 saturated carbocycles. The van der Waals surface area contributed by atoms with Crippen LogP contribution in [0.25, 0.3) is 0 Å². The van der Waals surface area contributed by atoms with Crippen LogP contribution in [0, 0.1) is 5.82 Å². The molecule has 0 amide bonds. The molecule has 0 aromatic heterocycles. The molecule has 96 valence electrons. The number of likely N-dealkylation sites (N-methyl/N-ethyl adjacent to an activating group) is 2. The first-order valence-corrected chi connectivity index (χ1v) is 6.22.